The average molecular weight is 388 g/mol. The van der Waals surface area contributed by atoms with Crippen LogP contribution < -0.4 is 10.1 Å². The van der Waals surface area contributed by atoms with Gasteiger partial charge in [-0.2, -0.15) is 0 Å². The van der Waals surface area contributed by atoms with Crippen molar-refractivity contribution in [3.63, 3.8) is 0 Å². The number of rotatable bonds is 8. The van der Waals surface area contributed by atoms with Gasteiger partial charge in [-0.3, -0.25) is 14.6 Å². The van der Waals surface area contributed by atoms with Gasteiger partial charge in [-0.25, -0.2) is 0 Å². The second-order valence-electron chi connectivity index (χ2n) is 8.34. The second-order valence-corrected chi connectivity index (χ2v) is 8.34. The van der Waals surface area contributed by atoms with Crippen LogP contribution in [0.2, 0.25) is 0 Å². The number of amides is 1. The highest BCUT2D eigenvalue weighted by molar-refractivity contribution is 5.77. The molecular formula is C22H33N3O3. The van der Waals surface area contributed by atoms with Crippen LogP contribution in [0.3, 0.4) is 0 Å². The molecule has 1 aromatic rings. The number of nitrogens with one attached hydrogen (secondary N) is 1. The summed E-state index contributed by atoms with van der Waals surface area (Å²) in [6.45, 7) is 9.59. The topological polar surface area (TPSA) is 54.0 Å². The van der Waals surface area contributed by atoms with Gasteiger partial charge in [0, 0.05) is 51.3 Å². The lowest BCUT2D eigenvalue weighted by Gasteiger charge is -2.26. The van der Waals surface area contributed by atoms with Crippen molar-refractivity contribution in [3.8, 4) is 5.75 Å². The van der Waals surface area contributed by atoms with E-state index in [0.717, 1.165) is 77.8 Å². The third-order valence-corrected chi connectivity index (χ3v) is 6.26. The van der Waals surface area contributed by atoms with E-state index < -0.39 is 0 Å². The molecule has 0 radical (unpaired) electrons. The second kappa shape index (κ2) is 9.72. The number of carbonyl (C=O) groups excluding carboxylic acids is 1. The molecule has 1 aromatic carbocycles. The molecule has 1 amide bonds. The summed E-state index contributed by atoms with van der Waals surface area (Å²) in [5, 5.41) is 3.01. The van der Waals surface area contributed by atoms with Crippen LogP contribution in [0.5, 0.6) is 5.75 Å². The third-order valence-electron chi connectivity index (χ3n) is 6.26. The van der Waals surface area contributed by atoms with E-state index in [2.05, 4.69) is 39.4 Å². The number of hydrogen-bond acceptors (Lipinski definition) is 5. The monoisotopic (exact) mass is 387 g/mol. The van der Waals surface area contributed by atoms with Crippen molar-refractivity contribution < 1.29 is 14.3 Å². The zero-order chi connectivity index (χ0) is 19.2. The molecular weight excluding hydrogens is 354 g/mol. The SMILES string of the molecule is O=C1C[C@@H]2CN(Cc3ccccc3OCCCCN3CCOCC3)C[C@@H]2CN1. The first kappa shape index (κ1) is 19.7. The van der Waals surface area contributed by atoms with Gasteiger partial charge in [0.15, 0.2) is 0 Å². The van der Waals surface area contributed by atoms with Crippen molar-refractivity contribution in [3.05, 3.63) is 29.8 Å². The maximum absolute atomic E-state index is 11.6. The number of fused-ring (bicyclic) bond motifs is 1. The fourth-order valence-electron chi connectivity index (χ4n) is 4.64. The maximum atomic E-state index is 11.6. The summed E-state index contributed by atoms with van der Waals surface area (Å²) in [6.07, 6.45) is 2.93. The number of hydrogen-bond donors (Lipinski definition) is 1. The Kier molecular flexibility index (Phi) is 6.83. The van der Waals surface area contributed by atoms with E-state index in [-0.39, 0.29) is 5.91 Å². The Labute approximate surface area is 168 Å². The number of morpholine rings is 1. The van der Waals surface area contributed by atoms with Crippen LogP contribution in [0.25, 0.3) is 0 Å². The first-order valence-electron chi connectivity index (χ1n) is 10.8. The van der Waals surface area contributed by atoms with Gasteiger partial charge in [-0.05, 0) is 37.3 Å². The van der Waals surface area contributed by atoms with Gasteiger partial charge < -0.3 is 14.8 Å². The van der Waals surface area contributed by atoms with E-state index in [1.165, 1.54) is 12.0 Å². The largest absolute Gasteiger partial charge is 0.493 e. The molecule has 3 aliphatic rings. The van der Waals surface area contributed by atoms with Crippen molar-refractivity contribution in [1.29, 1.82) is 0 Å². The van der Waals surface area contributed by atoms with E-state index in [1.54, 1.807) is 0 Å². The first-order chi connectivity index (χ1) is 13.8. The molecule has 3 fully saturated rings. The van der Waals surface area contributed by atoms with Gasteiger partial charge >= 0.3 is 0 Å². The van der Waals surface area contributed by atoms with E-state index in [4.69, 9.17) is 9.47 Å². The Balaban J connectivity index is 1.22. The van der Waals surface area contributed by atoms with Gasteiger partial charge in [0.25, 0.3) is 0 Å². The molecule has 0 aliphatic carbocycles. The molecule has 3 saturated heterocycles. The smallest absolute Gasteiger partial charge is 0.220 e. The molecule has 0 saturated carbocycles. The van der Waals surface area contributed by atoms with Crippen molar-refractivity contribution in [2.24, 2.45) is 11.8 Å². The molecule has 3 heterocycles. The van der Waals surface area contributed by atoms with Crippen LogP contribution in [-0.2, 0) is 16.1 Å². The van der Waals surface area contributed by atoms with Crippen LogP contribution in [0.4, 0.5) is 0 Å². The van der Waals surface area contributed by atoms with Gasteiger partial charge in [0.1, 0.15) is 5.75 Å². The quantitative estimate of drug-likeness (QED) is 0.689. The van der Waals surface area contributed by atoms with Gasteiger partial charge in [0.2, 0.25) is 5.91 Å². The Morgan fingerprint density at radius 3 is 2.79 bits per heavy atom. The summed E-state index contributed by atoms with van der Waals surface area (Å²) in [5.74, 6) is 2.34. The van der Waals surface area contributed by atoms with Crippen LogP contribution in [0, 0.1) is 11.8 Å². The standard InChI is InChI=1S/C22H33N3O3/c26-22-13-19-16-25(17-20(19)14-23-22)15-18-5-1-2-6-21(18)28-10-4-3-7-24-8-11-27-12-9-24/h1-2,5-6,19-20H,3-4,7-17H2,(H,23,26)/t19-,20+/m1/s1. The van der Waals surface area contributed by atoms with E-state index in [1.807, 2.05) is 0 Å². The number of unbranched alkanes of at least 4 members (excludes halogenated alkanes) is 1. The minimum Gasteiger partial charge on any atom is -0.493 e. The van der Waals surface area contributed by atoms with Gasteiger partial charge in [-0.1, -0.05) is 18.2 Å². The lowest BCUT2D eigenvalue weighted by Crippen LogP contribution is -2.39. The van der Waals surface area contributed by atoms with E-state index >= 15 is 0 Å². The van der Waals surface area contributed by atoms with Gasteiger partial charge in [0.05, 0.1) is 19.8 Å². The fraction of sp³-hybridized carbons (Fsp3) is 0.682. The van der Waals surface area contributed by atoms with Crippen molar-refractivity contribution in [1.82, 2.24) is 15.1 Å². The van der Waals surface area contributed by atoms with Crippen LogP contribution >= 0.6 is 0 Å². The molecule has 0 bridgehead atoms. The predicted octanol–water partition coefficient (Wildman–Crippen LogP) is 1.75. The Morgan fingerprint density at radius 1 is 1.07 bits per heavy atom. The molecule has 6 nitrogen and oxygen atoms in total. The Morgan fingerprint density at radius 2 is 1.89 bits per heavy atom. The summed E-state index contributed by atoms with van der Waals surface area (Å²) >= 11 is 0. The normalized spacial score (nSPS) is 26.1. The maximum Gasteiger partial charge on any atom is 0.220 e. The summed E-state index contributed by atoms with van der Waals surface area (Å²) in [4.78, 5) is 16.6. The fourth-order valence-corrected chi connectivity index (χ4v) is 4.64. The summed E-state index contributed by atoms with van der Waals surface area (Å²) < 4.78 is 11.5. The van der Waals surface area contributed by atoms with Crippen molar-refractivity contribution in [2.45, 2.75) is 25.8 Å². The molecule has 1 N–H and O–H groups in total. The molecule has 0 spiro atoms. The van der Waals surface area contributed by atoms with E-state index in [0.29, 0.717) is 18.3 Å². The zero-order valence-electron chi connectivity index (χ0n) is 16.8. The molecule has 0 aromatic heterocycles. The van der Waals surface area contributed by atoms with Crippen LogP contribution in [-0.4, -0.2) is 74.8 Å². The highest BCUT2D eigenvalue weighted by atomic mass is 16.5. The lowest BCUT2D eigenvalue weighted by atomic mass is 9.89. The number of carbonyl (C=O) groups is 1. The Hall–Kier alpha value is -1.63. The van der Waals surface area contributed by atoms with Crippen LogP contribution in [0.1, 0.15) is 24.8 Å². The number of nitrogens with zero attached hydrogens (tertiary/aromatic N) is 2. The molecule has 3 aliphatic heterocycles. The highest BCUT2D eigenvalue weighted by Gasteiger charge is 2.37. The Bertz CT molecular complexity index is 648. The molecule has 4 rings (SSSR count). The summed E-state index contributed by atoms with van der Waals surface area (Å²) in [5.41, 5.74) is 1.26. The first-order valence-corrected chi connectivity index (χ1v) is 10.8. The van der Waals surface area contributed by atoms with E-state index in [9.17, 15) is 4.79 Å². The third kappa shape index (κ3) is 5.25. The summed E-state index contributed by atoms with van der Waals surface area (Å²) in [7, 11) is 0. The van der Waals surface area contributed by atoms with Crippen molar-refractivity contribution in [2.75, 3.05) is 59.1 Å². The molecule has 6 heteroatoms. The number of benzene rings is 1. The molecule has 28 heavy (non-hydrogen) atoms. The van der Waals surface area contributed by atoms with Crippen LogP contribution in [0.15, 0.2) is 24.3 Å². The number of ether oxygens (including phenoxy) is 2. The highest BCUT2D eigenvalue weighted by Crippen LogP contribution is 2.31. The molecule has 0 unspecified atom stereocenters. The molecule has 154 valence electrons. The lowest BCUT2D eigenvalue weighted by molar-refractivity contribution is -0.124. The van der Waals surface area contributed by atoms with Gasteiger partial charge in [-0.15, -0.1) is 0 Å². The number of piperidine rings is 1. The molecule has 2 atom stereocenters. The van der Waals surface area contributed by atoms with Crippen molar-refractivity contribution >= 4 is 5.91 Å². The number of likely N-dealkylation sites (tertiary alicyclic amines) is 1. The zero-order valence-corrected chi connectivity index (χ0v) is 16.8. The summed E-state index contributed by atoms with van der Waals surface area (Å²) in [6, 6.07) is 8.41. The number of para-hydroxylation sites is 1. The predicted molar refractivity (Wildman–Crippen MR) is 108 cm³/mol. The average Bonchev–Trinajstić information content (AvgIpc) is 3.11. The minimum atomic E-state index is 0.212. The minimum absolute atomic E-state index is 0.212.